The third kappa shape index (κ3) is 12.6. The Kier molecular flexibility index (Phi) is 10.8. The van der Waals surface area contributed by atoms with Gasteiger partial charge < -0.3 is 18.9 Å². The molecule has 0 saturated carbocycles. The SMILES string of the molecule is CCCCCCC(C)OP(=O)([O-])[O-].[Ni+2]. The minimum absolute atomic E-state index is 0. The Morgan fingerprint density at radius 2 is 1.86 bits per heavy atom. The maximum absolute atomic E-state index is 10.2. The van der Waals surface area contributed by atoms with E-state index in [0.29, 0.717) is 6.42 Å². The average molecular weight is 267 g/mol. The van der Waals surface area contributed by atoms with E-state index >= 15 is 0 Å². The first-order valence-corrected chi connectivity index (χ1v) is 6.12. The van der Waals surface area contributed by atoms with Crippen molar-refractivity contribution in [2.24, 2.45) is 0 Å². The molecule has 4 nitrogen and oxygen atoms in total. The Balaban J connectivity index is 0. The molecule has 0 saturated heterocycles. The smallest absolute Gasteiger partial charge is 0.790 e. The Bertz CT molecular complexity index is 171. The molecule has 0 fully saturated rings. The van der Waals surface area contributed by atoms with Crippen LogP contribution in [0.2, 0.25) is 0 Å². The predicted molar refractivity (Wildman–Crippen MR) is 46.9 cm³/mol. The Morgan fingerprint density at radius 3 is 2.29 bits per heavy atom. The largest absolute Gasteiger partial charge is 2.00 e. The van der Waals surface area contributed by atoms with Gasteiger partial charge in [0.15, 0.2) is 0 Å². The van der Waals surface area contributed by atoms with Crippen molar-refractivity contribution in [3.63, 3.8) is 0 Å². The van der Waals surface area contributed by atoms with E-state index in [9.17, 15) is 14.4 Å². The second kappa shape index (κ2) is 8.88. The van der Waals surface area contributed by atoms with E-state index in [2.05, 4.69) is 11.4 Å². The zero-order valence-corrected chi connectivity index (χ0v) is 10.4. The van der Waals surface area contributed by atoms with Gasteiger partial charge in [0.2, 0.25) is 0 Å². The summed E-state index contributed by atoms with van der Waals surface area (Å²) in [4.78, 5) is 20.4. The molecule has 0 rings (SSSR count). The summed E-state index contributed by atoms with van der Waals surface area (Å²) in [5, 5.41) is 0. The number of phosphoric ester groups is 1. The Hall–Kier alpha value is 0.604. The molecule has 0 amide bonds. The number of hydrogen-bond donors (Lipinski definition) is 0. The third-order valence-corrected chi connectivity index (χ3v) is 2.39. The van der Waals surface area contributed by atoms with Gasteiger partial charge in [0.05, 0.1) is 13.9 Å². The topological polar surface area (TPSA) is 72.4 Å². The molecule has 0 radical (unpaired) electrons. The van der Waals surface area contributed by atoms with Crippen LogP contribution in [-0.4, -0.2) is 6.10 Å². The molecule has 1 atom stereocenters. The molecule has 0 aromatic heterocycles. The van der Waals surface area contributed by atoms with Crippen molar-refractivity contribution in [1.82, 2.24) is 0 Å². The maximum Gasteiger partial charge on any atom is 2.00 e. The fraction of sp³-hybridized carbons (Fsp3) is 1.00. The van der Waals surface area contributed by atoms with Gasteiger partial charge in [-0.2, -0.15) is 0 Å². The first-order chi connectivity index (χ1) is 5.95. The summed E-state index contributed by atoms with van der Waals surface area (Å²) in [6, 6.07) is 0. The quantitative estimate of drug-likeness (QED) is 0.394. The number of phosphoric acid groups is 1. The van der Waals surface area contributed by atoms with Crippen molar-refractivity contribution in [1.29, 1.82) is 0 Å². The number of unbranched alkanes of at least 4 members (excludes halogenated alkanes) is 3. The van der Waals surface area contributed by atoms with Gasteiger partial charge in [0.1, 0.15) is 0 Å². The van der Waals surface area contributed by atoms with Crippen LogP contribution in [0, 0.1) is 0 Å². The molecule has 14 heavy (non-hydrogen) atoms. The molecular formula is C8H17NiO4P. The molecule has 0 aromatic rings. The van der Waals surface area contributed by atoms with Crippen LogP contribution in [-0.2, 0) is 25.6 Å². The van der Waals surface area contributed by atoms with Crippen molar-refractivity contribution >= 4 is 7.82 Å². The van der Waals surface area contributed by atoms with Gasteiger partial charge in [0.25, 0.3) is 0 Å². The zero-order chi connectivity index (χ0) is 10.3. The molecule has 1 unspecified atom stereocenters. The fourth-order valence-electron chi connectivity index (χ4n) is 1.13. The van der Waals surface area contributed by atoms with Gasteiger partial charge in [-0.3, -0.25) is 0 Å². The molecule has 0 N–H and O–H groups in total. The normalized spacial score (nSPS) is 13.4. The van der Waals surface area contributed by atoms with Crippen molar-refractivity contribution in [3.05, 3.63) is 0 Å². The van der Waals surface area contributed by atoms with E-state index in [-0.39, 0.29) is 16.5 Å². The fourth-order valence-corrected chi connectivity index (χ4v) is 1.68. The Morgan fingerprint density at radius 1 is 1.29 bits per heavy atom. The van der Waals surface area contributed by atoms with E-state index < -0.39 is 13.9 Å². The van der Waals surface area contributed by atoms with Crippen LogP contribution in [0.25, 0.3) is 0 Å². The first-order valence-electron chi connectivity index (χ1n) is 4.66. The molecule has 0 aromatic carbocycles. The van der Waals surface area contributed by atoms with Crippen molar-refractivity contribution < 1.29 is 35.4 Å². The summed E-state index contributed by atoms with van der Waals surface area (Å²) < 4.78 is 14.4. The monoisotopic (exact) mass is 266 g/mol. The molecule has 0 heterocycles. The summed E-state index contributed by atoms with van der Waals surface area (Å²) in [5.74, 6) is 0. The van der Waals surface area contributed by atoms with Gasteiger partial charge in [-0.05, 0) is 13.3 Å². The number of rotatable bonds is 7. The number of hydrogen-bond acceptors (Lipinski definition) is 4. The van der Waals surface area contributed by atoms with Crippen LogP contribution in [0.4, 0.5) is 0 Å². The Labute approximate surface area is 95.6 Å². The van der Waals surface area contributed by atoms with Gasteiger partial charge in [-0.25, -0.2) is 0 Å². The van der Waals surface area contributed by atoms with Crippen molar-refractivity contribution in [2.75, 3.05) is 0 Å². The minimum Gasteiger partial charge on any atom is -0.790 e. The van der Waals surface area contributed by atoms with Gasteiger partial charge >= 0.3 is 16.5 Å². The summed E-state index contributed by atoms with van der Waals surface area (Å²) in [6.45, 7) is 3.71. The summed E-state index contributed by atoms with van der Waals surface area (Å²) >= 11 is 0. The second-order valence-electron chi connectivity index (χ2n) is 3.21. The first kappa shape index (κ1) is 17.0. The van der Waals surface area contributed by atoms with Crippen LogP contribution in [0.15, 0.2) is 0 Å². The van der Waals surface area contributed by atoms with E-state index in [1.165, 1.54) is 0 Å². The van der Waals surface area contributed by atoms with Crippen LogP contribution in [0.3, 0.4) is 0 Å². The predicted octanol–water partition coefficient (Wildman–Crippen LogP) is 1.19. The van der Waals surface area contributed by atoms with Gasteiger partial charge in [-0.15, -0.1) is 0 Å². The molecule has 0 aliphatic rings. The van der Waals surface area contributed by atoms with Crippen LogP contribution in [0.1, 0.15) is 46.0 Å². The molecule has 88 valence electrons. The van der Waals surface area contributed by atoms with Crippen LogP contribution >= 0.6 is 7.82 Å². The van der Waals surface area contributed by atoms with Crippen LogP contribution < -0.4 is 9.79 Å². The van der Waals surface area contributed by atoms with E-state index in [4.69, 9.17) is 0 Å². The standard InChI is InChI=1S/C8H19O4P.Ni/c1-3-4-5-6-7-8(2)12-13(9,10)11;/h8H,3-7H2,1-2H3,(H2,9,10,11);/q;+2/p-2. The molecule has 0 aliphatic carbocycles. The van der Waals surface area contributed by atoms with Gasteiger partial charge in [-0.1, -0.05) is 32.6 Å². The maximum atomic E-state index is 10.2. The molecule has 0 aliphatic heterocycles. The van der Waals surface area contributed by atoms with Crippen molar-refractivity contribution in [3.8, 4) is 0 Å². The summed E-state index contributed by atoms with van der Waals surface area (Å²) in [5.41, 5.74) is 0. The van der Waals surface area contributed by atoms with Crippen molar-refractivity contribution in [2.45, 2.75) is 52.1 Å². The average Bonchev–Trinajstić information content (AvgIpc) is 1.94. The zero-order valence-electron chi connectivity index (χ0n) is 8.51. The summed E-state index contributed by atoms with van der Waals surface area (Å²) in [6.07, 6.45) is 4.41. The molecule has 6 heteroatoms. The van der Waals surface area contributed by atoms with E-state index in [1.807, 2.05) is 0 Å². The molecular weight excluding hydrogens is 250 g/mol. The molecule has 0 spiro atoms. The van der Waals surface area contributed by atoms with Gasteiger partial charge in [0, 0.05) is 0 Å². The van der Waals surface area contributed by atoms with E-state index in [0.717, 1.165) is 25.7 Å². The van der Waals surface area contributed by atoms with Crippen LogP contribution in [0.5, 0.6) is 0 Å². The second-order valence-corrected chi connectivity index (χ2v) is 4.32. The summed E-state index contributed by atoms with van der Waals surface area (Å²) in [7, 11) is -4.78. The third-order valence-electron chi connectivity index (χ3n) is 1.77. The van der Waals surface area contributed by atoms with E-state index in [1.54, 1.807) is 6.92 Å². The molecule has 0 bridgehead atoms. The minimum atomic E-state index is -4.78.